The summed E-state index contributed by atoms with van der Waals surface area (Å²) in [6.07, 6.45) is 3.81. The topological polar surface area (TPSA) is 30.5 Å². The highest BCUT2D eigenvalue weighted by atomic mass is 16.7. The van der Waals surface area contributed by atoms with Gasteiger partial charge >= 0.3 is 0 Å². The predicted octanol–water partition coefficient (Wildman–Crippen LogP) is 3.22. The van der Waals surface area contributed by atoms with Crippen molar-refractivity contribution in [2.45, 2.75) is 44.4 Å². The van der Waals surface area contributed by atoms with E-state index >= 15 is 0 Å². The molecular formula is C16H25NO2. The summed E-state index contributed by atoms with van der Waals surface area (Å²) in [7, 11) is 3.36. The molecule has 106 valence electrons. The van der Waals surface area contributed by atoms with Gasteiger partial charge in [0.2, 0.25) is 0 Å². The summed E-state index contributed by atoms with van der Waals surface area (Å²) < 4.78 is 10.8. The Hall–Kier alpha value is -0.900. The number of nitrogens with one attached hydrogen (secondary N) is 1. The quantitative estimate of drug-likeness (QED) is 0.766. The van der Waals surface area contributed by atoms with Crippen LogP contribution in [0, 0.1) is 0 Å². The van der Waals surface area contributed by atoms with Crippen LogP contribution in [0.5, 0.6) is 0 Å². The molecule has 0 radical (unpaired) electrons. The number of ether oxygens (including phenoxy) is 2. The standard InChI is InChI=1S/C16H25NO2/c1-4-17-15(16(18-2)19-3)14-10-8-13(9-11-14)12-6-5-7-12/h8-12,15-17H,4-7H2,1-3H3. The van der Waals surface area contributed by atoms with Crippen LogP contribution in [-0.2, 0) is 9.47 Å². The van der Waals surface area contributed by atoms with E-state index in [9.17, 15) is 0 Å². The van der Waals surface area contributed by atoms with Crippen LogP contribution in [0.1, 0.15) is 49.3 Å². The van der Waals surface area contributed by atoms with Crippen molar-refractivity contribution in [3.63, 3.8) is 0 Å². The molecule has 0 aromatic heterocycles. The van der Waals surface area contributed by atoms with E-state index in [1.807, 2.05) is 0 Å². The minimum absolute atomic E-state index is 0.0791. The second-order valence-corrected chi connectivity index (χ2v) is 5.17. The minimum Gasteiger partial charge on any atom is -0.354 e. The van der Waals surface area contributed by atoms with Gasteiger partial charge in [-0.1, -0.05) is 37.6 Å². The third kappa shape index (κ3) is 3.35. The Morgan fingerprint density at radius 1 is 1.16 bits per heavy atom. The SMILES string of the molecule is CCNC(c1ccc(C2CCC2)cc1)C(OC)OC. The second kappa shape index (κ2) is 7.04. The molecule has 3 heteroatoms. The van der Waals surface area contributed by atoms with E-state index < -0.39 is 0 Å². The Bertz CT molecular complexity index is 369. The lowest BCUT2D eigenvalue weighted by molar-refractivity contribution is -0.123. The fraction of sp³-hybridized carbons (Fsp3) is 0.625. The highest BCUT2D eigenvalue weighted by Crippen LogP contribution is 2.36. The molecule has 1 aromatic rings. The third-order valence-corrected chi connectivity index (χ3v) is 4.03. The molecule has 19 heavy (non-hydrogen) atoms. The van der Waals surface area contributed by atoms with Crippen molar-refractivity contribution in [3.05, 3.63) is 35.4 Å². The summed E-state index contributed by atoms with van der Waals surface area (Å²) in [5.74, 6) is 0.785. The van der Waals surface area contributed by atoms with Crippen LogP contribution in [-0.4, -0.2) is 27.1 Å². The first-order valence-corrected chi connectivity index (χ1v) is 7.19. The van der Waals surface area contributed by atoms with Crippen LogP contribution in [0.2, 0.25) is 0 Å². The molecule has 1 unspecified atom stereocenters. The van der Waals surface area contributed by atoms with Crippen molar-refractivity contribution < 1.29 is 9.47 Å². The number of likely N-dealkylation sites (N-methyl/N-ethyl adjacent to an activating group) is 1. The van der Waals surface area contributed by atoms with E-state index in [1.54, 1.807) is 14.2 Å². The van der Waals surface area contributed by atoms with Crippen molar-refractivity contribution in [2.24, 2.45) is 0 Å². The zero-order valence-electron chi connectivity index (χ0n) is 12.2. The molecule has 0 spiro atoms. The van der Waals surface area contributed by atoms with E-state index in [-0.39, 0.29) is 12.3 Å². The van der Waals surface area contributed by atoms with Crippen LogP contribution in [0.15, 0.2) is 24.3 Å². The van der Waals surface area contributed by atoms with Crippen molar-refractivity contribution in [3.8, 4) is 0 Å². The van der Waals surface area contributed by atoms with E-state index in [1.165, 1.54) is 30.4 Å². The highest BCUT2D eigenvalue weighted by molar-refractivity contribution is 5.28. The molecule has 0 saturated heterocycles. The summed E-state index contributed by atoms with van der Waals surface area (Å²) in [4.78, 5) is 0. The van der Waals surface area contributed by atoms with Gasteiger partial charge in [-0.15, -0.1) is 0 Å². The van der Waals surface area contributed by atoms with Gasteiger partial charge in [0, 0.05) is 14.2 Å². The monoisotopic (exact) mass is 263 g/mol. The average molecular weight is 263 g/mol. The molecule has 3 nitrogen and oxygen atoms in total. The molecular weight excluding hydrogens is 238 g/mol. The number of hydrogen-bond acceptors (Lipinski definition) is 3. The Labute approximate surface area is 116 Å². The zero-order valence-corrected chi connectivity index (χ0v) is 12.2. The van der Waals surface area contributed by atoms with Crippen molar-refractivity contribution in [2.75, 3.05) is 20.8 Å². The first kappa shape index (κ1) is 14.5. The highest BCUT2D eigenvalue weighted by Gasteiger charge is 2.23. The van der Waals surface area contributed by atoms with Crippen molar-refractivity contribution in [1.29, 1.82) is 0 Å². The lowest BCUT2D eigenvalue weighted by Gasteiger charge is -2.28. The Kier molecular flexibility index (Phi) is 5.37. The molecule has 0 bridgehead atoms. The lowest BCUT2D eigenvalue weighted by atomic mass is 9.80. The lowest BCUT2D eigenvalue weighted by Crippen LogP contribution is -2.34. The molecule has 0 heterocycles. The Morgan fingerprint density at radius 2 is 1.79 bits per heavy atom. The van der Waals surface area contributed by atoms with Gasteiger partial charge < -0.3 is 14.8 Å². The van der Waals surface area contributed by atoms with Gasteiger partial charge in [0.05, 0.1) is 6.04 Å². The first-order chi connectivity index (χ1) is 9.30. The Morgan fingerprint density at radius 3 is 2.21 bits per heavy atom. The van der Waals surface area contributed by atoms with Gasteiger partial charge in [-0.05, 0) is 36.4 Å². The molecule has 0 aliphatic heterocycles. The maximum absolute atomic E-state index is 5.39. The molecule has 1 aromatic carbocycles. The zero-order chi connectivity index (χ0) is 13.7. The summed E-state index contributed by atoms with van der Waals surface area (Å²) in [5, 5.41) is 3.43. The summed E-state index contributed by atoms with van der Waals surface area (Å²) in [5.41, 5.74) is 2.69. The van der Waals surface area contributed by atoms with E-state index in [4.69, 9.17) is 9.47 Å². The van der Waals surface area contributed by atoms with Gasteiger partial charge in [0.1, 0.15) is 0 Å². The first-order valence-electron chi connectivity index (χ1n) is 7.19. The molecule has 1 fully saturated rings. The third-order valence-electron chi connectivity index (χ3n) is 4.03. The molecule has 1 atom stereocenters. The largest absolute Gasteiger partial charge is 0.354 e. The second-order valence-electron chi connectivity index (χ2n) is 5.17. The van der Waals surface area contributed by atoms with Gasteiger partial charge in [-0.3, -0.25) is 0 Å². The van der Waals surface area contributed by atoms with Crippen molar-refractivity contribution >= 4 is 0 Å². The van der Waals surface area contributed by atoms with Crippen LogP contribution in [0.3, 0.4) is 0 Å². The maximum atomic E-state index is 5.39. The van der Waals surface area contributed by atoms with Crippen molar-refractivity contribution in [1.82, 2.24) is 5.32 Å². The smallest absolute Gasteiger partial charge is 0.176 e. The number of hydrogen-bond donors (Lipinski definition) is 1. The van der Waals surface area contributed by atoms with Crippen LogP contribution >= 0.6 is 0 Å². The number of benzene rings is 1. The molecule has 1 saturated carbocycles. The summed E-state index contributed by atoms with van der Waals surface area (Å²) in [6, 6.07) is 8.99. The van der Waals surface area contributed by atoms with Crippen LogP contribution in [0.25, 0.3) is 0 Å². The summed E-state index contributed by atoms with van der Waals surface area (Å²) >= 11 is 0. The number of rotatable bonds is 7. The molecule has 0 amide bonds. The van der Waals surface area contributed by atoms with Crippen LogP contribution in [0.4, 0.5) is 0 Å². The molecule has 1 N–H and O–H groups in total. The van der Waals surface area contributed by atoms with Gasteiger partial charge in [0.25, 0.3) is 0 Å². The molecule has 2 rings (SSSR count). The van der Waals surface area contributed by atoms with E-state index in [2.05, 4.69) is 36.5 Å². The van der Waals surface area contributed by atoms with Crippen LogP contribution < -0.4 is 5.32 Å². The Balaban J connectivity index is 2.11. The molecule has 1 aliphatic rings. The van der Waals surface area contributed by atoms with E-state index in [0.717, 1.165) is 12.5 Å². The summed E-state index contributed by atoms with van der Waals surface area (Å²) in [6.45, 7) is 2.98. The fourth-order valence-electron chi connectivity index (χ4n) is 2.68. The molecule has 1 aliphatic carbocycles. The van der Waals surface area contributed by atoms with E-state index in [0.29, 0.717) is 0 Å². The average Bonchev–Trinajstić information content (AvgIpc) is 2.38. The predicted molar refractivity (Wildman–Crippen MR) is 77.3 cm³/mol. The normalized spacial score (nSPS) is 17.5. The fourth-order valence-corrected chi connectivity index (χ4v) is 2.68. The van der Waals surface area contributed by atoms with Gasteiger partial charge in [-0.25, -0.2) is 0 Å². The van der Waals surface area contributed by atoms with Gasteiger partial charge in [-0.2, -0.15) is 0 Å². The maximum Gasteiger partial charge on any atom is 0.176 e. The number of methoxy groups -OCH3 is 2. The minimum atomic E-state index is -0.255. The van der Waals surface area contributed by atoms with Gasteiger partial charge in [0.15, 0.2) is 6.29 Å².